The van der Waals surface area contributed by atoms with E-state index in [1.165, 1.54) is 36.6 Å². The van der Waals surface area contributed by atoms with Crippen LogP contribution >= 0.6 is 23.5 Å². The maximum atomic E-state index is 4.62. The lowest BCUT2D eigenvalue weighted by Gasteiger charge is -2.18. The maximum absolute atomic E-state index is 4.62. The van der Waals surface area contributed by atoms with Gasteiger partial charge in [-0.1, -0.05) is 38.5 Å². The monoisotopic (exact) mass is 274 g/mol. The zero-order chi connectivity index (χ0) is 12.5. The third-order valence-electron chi connectivity index (χ3n) is 3.30. The summed E-state index contributed by atoms with van der Waals surface area (Å²) >= 11 is 3.90. The molecule has 0 radical (unpaired) electrons. The van der Waals surface area contributed by atoms with E-state index >= 15 is 0 Å². The summed E-state index contributed by atoms with van der Waals surface area (Å²) in [5, 5.41) is 5.38. The van der Waals surface area contributed by atoms with E-state index in [0.29, 0.717) is 0 Å². The number of unbranched alkanes of at least 4 members (excludes halogenated alkanes) is 1. The number of thioether (sulfide) groups is 2. The highest BCUT2D eigenvalue weighted by molar-refractivity contribution is 8.14. The highest BCUT2D eigenvalue weighted by atomic mass is 32.2. The third kappa shape index (κ3) is 5.56. The van der Waals surface area contributed by atoms with Crippen molar-refractivity contribution in [2.24, 2.45) is 10.9 Å². The van der Waals surface area contributed by atoms with E-state index in [-0.39, 0.29) is 0 Å². The molecular weight excluding hydrogens is 248 g/mol. The van der Waals surface area contributed by atoms with E-state index in [1.54, 1.807) is 0 Å². The van der Waals surface area contributed by atoms with Crippen LogP contribution in [0.25, 0.3) is 0 Å². The lowest BCUT2D eigenvalue weighted by atomic mass is 9.99. The van der Waals surface area contributed by atoms with Crippen molar-refractivity contribution in [3.8, 4) is 0 Å². The molecule has 1 N–H and O–H groups in total. The van der Waals surface area contributed by atoms with Crippen LogP contribution < -0.4 is 5.32 Å². The van der Waals surface area contributed by atoms with Crippen LogP contribution in [0, 0.1) is 5.92 Å². The number of nitrogens with zero attached hydrogens (tertiary/aromatic N) is 1. The highest BCUT2D eigenvalue weighted by Gasteiger charge is 2.25. The van der Waals surface area contributed by atoms with Crippen LogP contribution in [0.1, 0.15) is 39.5 Å². The molecule has 17 heavy (non-hydrogen) atoms. The predicted octanol–water partition coefficient (Wildman–Crippen LogP) is 3.63. The number of amidine groups is 1. The summed E-state index contributed by atoms with van der Waals surface area (Å²) in [4.78, 5) is 4.62. The summed E-state index contributed by atoms with van der Waals surface area (Å²) in [5.41, 5.74) is 0. The molecule has 0 saturated carbocycles. The fraction of sp³-hybridized carbons (Fsp3) is 0.923. The molecule has 0 aromatic heterocycles. The van der Waals surface area contributed by atoms with Gasteiger partial charge in [-0.3, -0.25) is 4.99 Å². The summed E-state index contributed by atoms with van der Waals surface area (Å²) in [6.45, 7) is 6.69. The molecule has 0 fully saturated rings. The third-order valence-corrected chi connectivity index (χ3v) is 5.33. The van der Waals surface area contributed by atoms with Gasteiger partial charge in [0, 0.05) is 11.8 Å². The molecule has 0 spiro atoms. The Morgan fingerprint density at radius 1 is 1.41 bits per heavy atom. The molecule has 0 amide bonds. The molecule has 100 valence electrons. The Bertz CT molecular complexity index is 227. The highest BCUT2D eigenvalue weighted by Crippen LogP contribution is 2.30. The minimum Gasteiger partial charge on any atom is -0.365 e. The average Bonchev–Trinajstić information content (AvgIpc) is 2.79. The molecule has 1 aliphatic heterocycles. The van der Waals surface area contributed by atoms with Gasteiger partial charge in [-0.15, -0.1) is 0 Å². The van der Waals surface area contributed by atoms with Crippen LogP contribution in [0.5, 0.6) is 0 Å². The second-order valence-corrected chi connectivity index (χ2v) is 6.72. The van der Waals surface area contributed by atoms with Gasteiger partial charge in [-0.25, -0.2) is 0 Å². The molecule has 0 bridgehead atoms. The SMILES string of the molecule is CCC(CC)C1CN=C(NCCCCSC)S1. The van der Waals surface area contributed by atoms with Crippen molar-refractivity contribution < 1.29 is 0 Å². The smallest absolute Gasteiger partial charge is 0.156 e. The first-order chi connectivity index (χ1) is 8.31. The van der Waals surface area contributed by atoms with Crippen LogP contribution in [0.4, 0.5) is 0 Å². The molecule has 1 atom stereocenters. The first-order valence-electron chi connectivity index (χ1n) is 6.75. The second kappa shape index (κ2) is 9.15. The quantitative estimate of drug-likeness (QED) is 0.684. The van der Waals surface area contributed by atoms with Gasteiger partial charge in [0.25, 0.3) is 0 Å². The number of hydrogen-bond donors (Lipinski definition) is 1. The zero-order valence-corrected chi connectivity index (χ0v) is 13.0. The molecule has 1 heterocycles. The normalized spacial score (nSPS) is 19.8. The second-order valence-electron chi connectivity index (χ2n) is 4.51. The lowest BCUT2D eigenvalue weighted by Crippen LogP contribution is -2.22. The predicted molar refractivity (Wildman–Crippen MR) is 83.4 cm³/mol. The molecule has 1 aliphatic rings. The maximum Gasteiger partial charge on any atom is 0.156 e. The van der Waals surface area contributed by atoms with E-state index in [1.807, 2.05) is 23.5 Å². The van der Waals surface area contributed by atoms with Crippen molar-refractivity contribution in [2.75, 3.05) is 25.1 Å². The van der Waals surface area contributed by atoms with E-state index in [9.17, 15) is 0 Å². The molecule has 1 unspecified atom stereocenters. The average molecular weight is 274 g/mol. The Hall–Kier alpha value is 0.170. The molecule has 2 nitrogen and oxygen atoms in total. The Morgan fingerprint density at radius 3 is 2.82 bits per heavy atom. The van der Waals surface area contributed by atoms with Crippen LogP contribution in [-0.2, 0) is 0 Å². The Morgan fingerprint density at radius 2 is 2.18 bits per heavy atom. The van der Waals surface area contributed by atoms with Gasteiger partial charge >= 0.3 is 0 Å². The van der Waals surface area contributed by atoms with Crippen molar-refractivity contribution >= 4 is 28.7 Å². The summed E-state index contributed by atoms with van der Waals surface area (Å²) in [5.74, 6) is 2.11. The first kappa shape index (κ1) is 15.2. The van der Waals surface area contributed by atoms with Crippen LogP contribution in [0.15, 0.2) is 4.99 Å². The summed E-state index contributed by atoms with van der Waals surface area (Å²) in [6.07, 6.45) is 7.30. The molecule has 1 rings (SSSR count). The number of hydrogen-bond acceptors (Lipinski definition) is 4. The van der Waals surface area contributed by atoms with Crippen LogP contribution in [0.2, 0.25) is 0 Å². The van der Waals surface area contributed by atoms with Gasteiger partial charge in [0.2, 0.25) is 0 Å². The minimum absolute atomic E-state index is 0.721. The number of aliphatic imine (C=N–C) groups is 1. The Balaban J connectivity index is 2.12. The largest absolute Gasteiger partial charge is 0.365 e. The zero-order valence-electron chi connectivity index (χ0n) is 11.4. The Kier molecular flexibility index (Phi) is 8.19. The lowest BCUT2D eigenvalue weighted by molar-refractivity contribution is 0.479. The number of nitrogens with one attached hydrogen (secondary N) is 1. The number of rotatable bonds is 8. The van der Waals surface area contributed by atoms with Crippen molar-refractivity contribution in [1.29, 1.82) is 0 Å². The molecule has 4 heteroatoms. The fourth-order valence-electron chi connectivity index (χ4n) is 2.11. The summed E-state index contributed by atoms with van der Waals surface area (Å²) < 4.78 is 0. The summed E-state index contributed by atoms with van der Waals surface area (Å²) in [7, 11) is 0. The van der Waals surface area contributed by atoms with E-state index in [0.717, 1.165) is 24.3 Å². The van der Waals surface area contributed by atoms with Gasteiger partial charge in [-0.05, 0) is 30.8 Å². The minimum atomic E-state index is 0.721. The molecule has 0 aromatic carbocycles. The van der Waals surface area contributed by atoms with Gasteiger partial charge in [0.15, 0.2) is 5.17 Å². The fourth-order valence-corrected chi connectivity index (χ4v) is 3.96. The van der Waals surface area contributed by atoms with E-state index < -0.39 is 0 Å². The van der Waals surface area contributed by atoms with Crippen molar-refractivity contribution in [1.82, 2.24) is 5.32 Å². The summed E-state index contributed by atoms with van der Waals surface area (Å²) in [6, 6.07) is 0. The van der Waals surface area contributed by atoms with Gasteiger partial charge in [-0.2, -0.15) is 11.8 Å². The van der Waals surface area contributed by atoms with Gasteiger partial charge < -0.3 is 5.32 Å². The van der Waals surface area contributed by atoms with E-state index in [2.05, 4.69) is 30.4 Å². The van der Waals surface area contributed by atoms with Gasteiger partial charge in [0.1, 0.15) is 0 Å². The molecule has 0 aliphatic carbocycles. The Labute approximate surface area is 115 Å². The van der Waals surface area contributed by atoms with Crippen LogP contribution in [0.3, 0.4) is 0 Å². The van der Waals surface area contributed by atoms with Crippen molar-refractivity contribution in [2.45, 2.75) is 44.8 Å². The molecular formula is C13H26N2S2. The van der Waals surface area contributed by atoms with Crippen molar-refractivity contribution in [3.05, 3.63) is 0 Å². The standard InChI is InChI=1S/C13H26N2S2/c1-4-11(5-2)12-10-15-13(17-12)14-8-6-7-9-16-3/h11-12H,4-10H2,1-3H3,(H,14,15). The first-order valence-corrected chi connectivity index (χ1v) is 9.03. The molecule has 0 saturated heterocycles. The molecule has 0 aromatic rings. The van der Waals surface area contributed by atoms with Gasteiger partial charge in [0.05, 0.1) is 6.54 Å². The van der Waals surface area contributed by atoms with Crippen LogP contribution in [-0.4, -0.2) is 35.5 Å². The van der Waals surface area contributed by atoms with Crippen molar-refractivity contribution in [3.63, 3.8) is 0 Å². The topological polar surface area (TPSA) is 24.4 Å². The van der Waals surface area contributed by atoms with E-state index in [4.69, 9.17) is 0 Å².